The summed E-state index contributed by atoms with van der Waals surface area (Å²) in [5.41, 5.74) is 0.417. The highest BCUT2D eigenvalue weighted by atomic mass is 32.2. The molecule has 9 heteroatoms. The van der Waals surface area contributed by atoms with Gasteiger partial charge in [0.05, 0.1) is 30.0 Å². The smallest absolute Gasteiger partial charge is 0.240 e. The lowest BCUT2D eigenvalue weighted by atomic mass is 10.1. The maximum Gasteiger partial charge on any atom is 0.240 e. The van der Waals surface area contributed by atoms with E-state index in [1.807, 2.05) is 12.1 Å². The largest absolute Gasteiger partial charge is 0.495 e. The number of amides is 1. The van der Waals surface area contributed by atoms with E-state index in [-0.39, 0.29) is 29.1 Å². The molecule has 2 heterocycles. The number of methoxy groups -OCH3 is 1. The third-order valence-corrected chi connectivity index (χ3v) is 6.38. The van der Waals surface area contributed by atoms with Crippen molar-refractivity contribution in [3.63, 3.8) is 0 Å². The Balaban J connectivity index is 1.77. The number of ether oxygens (including phenoxy) is 1. The van der Waals surface area contributed by atoms with Gasteiger partial charge in [0.15, 0.2) is 0 Å². The molecule has 1 aromatic heterocycles. The summed E-state index contributed by atoms with van der Waals surface area (Å²) in [5, 5.41) is 2.62. The molecule has 1 aliphatic rings. The fourth-order valence-electron chi connectivity index (χ4n) is 3.52. The highest BCUT2D eigenvalue weighted by Gasteiger charge is 2.27. The van der Waals surface area contributed by atoms with Crippen molar-refractivity contribution in [2.75, 3.05) is 32.1 Å². The Hall–Kier alpha value is -2.36. The minimum absolute atomic E-state index is 0.0697. The van der Waals surface area contributed by atoms with Gasteiger partial charge in [0, 0.05) is 19.5 Å². The SMILES string of the molecule is COc1cc(S(=O)(=O)NC[C@@H](c2ccco2)N2CCCCC2)ccc1NC(C)=O. The summed E-state index contributed by atoms with van der Waals surface area (Å²) < 4.78 is 39.3. The second kappa shape index (κ2) is 9.43. The van der Waals surface area contributed by atoms with E-state index in [0.717, 1.165) is 31.7 Å². The van der Waals surface area contributed by atoms with Gasteiger partial charge >= 0.3 is 0 Å². The van der Waals surface area contributed by atoms with E-state index in [2.05, 4.69) is 14.9 Å². The van der Waals surface area contributed by atoms with E-state index >= 15 is 0 Å². The first kappa shape index (κ1) is 21.4. The molecule has 1 saturated heterocycles. The molecule has 0 spiro atoms. The molecule has 0 saturated carbocycles. The zero-order valence-corrected chi connectivity index (χ0v) is 17.5. The molecule has 1 amide bonds. The Labute approximate surface area is 171 Å². The molecule has 2 N–H and O–H groups in total. The standard InChI is InChI=1S/C20H27N3O5S/c1-15(24)22-17-9-8-16(13-20(17)27-2)29(25,26)21-14-18(19-7-6-12-28-19)23-10-4-3-5-11-23/h6-9,12-13,18,21H,3-5,10-11,14H2,1-2H3,(H,22,24)/t18-/m0/s1. The predicted molar refractivity (Wildman–Crippen MR) is 109 cm³/mol. The topological polar surface area (TPSA) is 101 Å². The molecule has 1 aliphatic heterocycles. The first-order valence-electron chi connectivity index (χ1n) is 9.63. The number of carbonyl (C=O) groups is 1. The van der Waals surface area contributed by atoms with Gasteiger partial charge in [-0.05, 0) is 50.2 Å². The number of nitrogens with zero attached hydrogens (tertiary/aromatic N) is 1. The first-order valence-corrected chi connectivity index (χ1v) is 11.1. The van der Waals surface area contributed by atoms with Crippen molar-refractivity contribution in [2.24, 2.45) is 0 Å². The molecule has 2 aromatic rings. The van der Waals surface area contributed by atoms with E-state index in [1.165, 1.54) is 38.7 Å². The Morgan fingerprint density at radius 2 is 2.00 bits per heavy atom. The molecule has 29 heavy (non-hydrogen) atoms. The van der Waals surface area contributed by atoms with Crippen LogP contribution >= 0.6 is 0 Å². The van der Waals surface area contributed by atoms with Crippen LogP contribution in [0.25, 0.3) is 0 Å². The highest BCUT2D eigenvalue weighted by Crippen LogP contribution is 2.29. The van der Waals surface area contributed by atoms with Crippen LogP contribution in [-0.4, -0.2) is 46.0 Å². The van der Waals surface area contributed by atoms with Crippen molar-refractivity contribution in [1.82, 2.24) is 9.62 Å². The van der Waals surface area contributed by atoms with Crippen LogP contribution in [0.4, 0.5) is 5.69 Å². The number of anilines is 1. The summed E-state index contributed by atoms with van der Waals surface area (Å²) in [6, 6.07) is 7.88. The third kappa shape index (κ3) is 5.37. The zero-order valence-electron chi connectivity index (χ0n) is 16.7. The monoisotopic (exact) mass is 421 g/mol. The minimum atomic E-state index is -3.77. The average Bonchev–Trinajstić information content (AvgIpc) is 3.23. The van der Waals surface area contributed by atoms with E-state index in [0.29, 0.717) is 5.69 Å². The van der Waals surface area contributed by atoms with E-state index in [4.69, 9.17) is 9.15 Å². The van der Waals surface area contributed by atoms with Crippen LogP contribution in [-0.2, 0) is 14.8 Å². The second-order valence-electron chi connectivity index (χ2n) is 7.02. The average molecular weight is 422 g/mol. The molecular weight excluding hydrogens is 394 g/mol. The number of benzene rings is 1. The van der Waals surface area contributed by atoms with Gasteiger partial charge in [-0.15, -0.1) is 0 Å². The van der Waals surface area contributed by atoms with Gasteiger partial charge in [-0.2, -0.15) is 0 Å². The van der Waals surface area contributed by atoms with Crippen molar-refractivity contribution in [3.05, 3.63) is 42.4 Å². The summed E-state index contributed by atoms with van der Waals surface area (Å²) in [6.07, 6.45) is 4.97. The van der Waals surface area contributed by atoms with Crippen LogP contribution in [0.5, 0.6) is 5.75 Å². The lowest BCUT2D eigenvalue weighted by Gasteiger charge is -2.33. The van der Waals surface area contributed by atoms with Crippen molar-refractivity contribution >= 4 is 21.6 Å². The van der Waals surface area contributed by atoms with Crippen LogP contribution in [0.2, 0.25) is 0 Å². The Bertz CT molecular complexity index is 922. The van der Waals surface area contributed by atoms with E-state index in [9.17, 15) is 13.2 Å². The van der Waals surface area contributed by atoms with Gasteiger partial charge in [-0.3, -0.25) is 9.69 Å². The number of nitrogens with one attached hydrogen (secondary N) is 2. The number of carbonyl (C=O) groups excluding carboxylic acids is 1. The fraction of sp³-hybridized carbons (Fsp3) is 0.450. The van der Waals surface area contributed by atoms with Crippen molar-refractivity contribution in [1.29, 1.82) is 0 Å². The minimum Gasteiger partial charge on any atom is -0.495 e. The molecule has 3 rings (SSSR count). The van der Waals surface area contributed by atoms with Gasteiger partial charge in [0.2, 0.25) is 15.9 Å². The number of piperidine rings is 1. The summed E-state index contributed by atoms with van der Waals surface area (Å²) >= 11 is 0. The maximum absolute atomic E-state index is 12.9. The van der Waals surface area contributed by atoms with E-state index in [1.54, 1.807) is 6.26 Å². The van der Waals surface area contributed by atoms with Crippen molar-refractivity contribution in [2.45, 2.75) is 37.1 Å². The predicted octanol–water partition coefficient (Wildman–Crippen LogP) is 2.75. The van der Waals surface area contributed by atoms with Crippen molar-refractivity contribution in [3.8, 4) is 5.75 Å². The van der Waals surface area contributed by atoms with Gasteiger partial charge in [0.1, 0.15) is 11.5 Å². The van der Waals surface area contributed by atoms with Crippen LogP contribution in [0, 0.1) is 0 Å². The van der Waals surface area contributed by atoms with Gasteiger partial charge in [-0.1, -0.05) is 6.42 Å². The lowest BCUT2D eigenvalue weighted by Crippen LogP contribution is -2.40. The van der Waals surface area contributed by atoms with Crippen LogP contribution in [0.15, 0.2) is 45.9 Å². The Kier molecular flexibility index (Phi) is 6.94. The molecule has 0 aliphatic carbocycles. The number of rotatable bonds is 8. The summed E-state index contributed by atoms with van der Waals surface area (Å²) in [5.74, 6) is 0.759. The number of sulfonamides is 1. The van der Waals surface area contributed by atoms with Gasteiger partial charge in [-0.25, -0.2) is 13.1 Å². The fourth-order valence-corrected chi connectivity index (χ4v) is 4.58. The first-order chi connectivity index (χ1) is 13.9. The normalized spacial score (nSPS) is 16.3. The van der Waals surface area contributed by atoms with Crippen LogP contribution in [0.3, 0.4) is 0 Å². The Morgan fingerprint density at radius 1 is 1.24 bits per heavy atom. The second-order valence-corrected chi connectivity index (χ2v) is 8.79. The number of hydrogen-bond acceptors (Lipinski definition) is 6. The molecule has 0 radical (unpaired) electrons. The highest BCUT2D eigenvalue weighted by molar-refractivity contribution is 7.89. The lowest BCUT2D eigenvalue weighted by molar-refractivity contribution is -0.114. The van der Waals surface area contributed by atoms with Crippen LogP contribution < -0.4 is 14.8 Å². The Morgan fingerprint density at radius 3 is 2.62 bits per heavy atom. The van der Waals surface area contributed by atoms with Crippen LogP contribution in [0.1, 0.15) is 38.0 Å². The quantitative estimate of drug-likeness (QED) is 0.680. The zero-order chi connectivity index (χ0) is 20.9. The molecule has 8 nitrogen and oxygen atoms in total. The molecule has 0 bridgehead atoms. The number of furan rings is 1. The third-order valence-electron chi connectivity index (χ3n) is 4.96. The summed E-state index contributed by atoms with van der Waals surface area (Å²) in [4.78, 5) is 13.6. The number of likely N-dealkylation sites (tertiary alicyclic amines) is 1. The molecule has 1 aromatic carbocycles. The molecule has 1 fully saturated rings. The molecule has 158 valence electrons. The summed E-state index contributed by atoms with van der Waals surface area (Å²) in [6.45, 7) is 3.39. The van der Waals surface area contributed by atoms with Gasteiger partial charge < -0.3 is 14.5 Å². The molecule has 0 unspecified atom stereocenters. The maximum atomic E-state index is 12.9. The van der Waals surface area contributed by atoms with Gasteiger partial charge in [0.25, 0.3) is 0 Å². The van der Waals surface area contributed by atoms with Crippen molar-refractivity contribution < 1.29 is 22.4 Å². The number of hydrogen-bond donors (Lipinski definition) is 2. The molecular formula is C20H27N3O5S. The van der Waals surface area contributed by atoms with E-state index < -0.39 is 10.0 Å². The molecule has 1 atom stereocenters. The summed E-state index contributed by atoms with van der Waals surface area (Å²) in [7, 11) is -2.35.